The van der Waals surface area contributed by atoms with E-state index in [1.54, 1.807) is 42.5 Å². The second-order valence-corrected chi connectivity index (χ2v) is 4.52. The van der Waals surface area contributed by atoms with Gasteiger partial charge in [-0.25, -0.2) is 0 Å². The Morgan fingerprint density at radius 3 is 2.30 bits per heavy atom. The molecule has 0 atom stereocenters. The highest BCUT2D eigenvalue weighted by atomic mass is 35.5. The number of hydrogen-bond acceptors (Lipinski definition) is 3. The predicted molar refractivity (Wildman–Crippen MR) is 75.6 cm³/mol. The molecule has 2 aromatic rings. The van der Waals surface area contributed by atoms with E-state index in [1.807, 2.05) is 0 Å². The summed E-state index contributed by atoms with van der Waals surface area (Å²) >= 11 is 5.74. The molecule has 0 saturated carbocycles. The monoisotopic (exact) mass is 285 g/mol. The molecule has 0 unspecified atom stereocenters. The molecule has 0 heterocycles. The summed E-state index contributed by atoms with van der Waals surface area (Å²) in [5.41, 5.74) is 0.957. The molecular weight excluding hydrogens is 276 g/mol. The van der Waals surface area contributed by atoms with E-state index in [4.69, 9.17) is 11.6 Å². The normalized spacial score (nSPS) is 10.7. The molecule has 0 N–H and O–H groups in total. The third kappa shape index (κ3) is 3.33. The molecule has 4 heteroatoms. The Morgan fingerprint density at radius 1 is 1.00 bits per heavy atom. The molecule has 0 fully saturated rings. The van der Waals surface area contributed by atoms with Crippen LogP contribution in [-0.4, -0.2) is 11.8 Å². The molecule has 20 heavy (non-hydrogen) atoms. The average Bonchev–Trinajstić information content (AvgIpc) is 2.45. The van der Waals surface area contributed by atoms with E-state index >= 15 is 0 Å². The number of carbonyl (C=O) groups excluding carboxylic acids is 2. The Morgan fingerprint density at radius 2 is 1.65 bits per heavy atom. The maximum Gasteiger partial charge on any atom is 0.185 e. The lowest BCUT2D eigenvalue weighted by Gasteiger charge is -2.05. The number of carboxylic acids is 1. The lowest BCUT2D eigenvalue weighted by Crippen LogP contribution is -2.23. The van der Waals surface area contributed by atoms with Gasteiger partial charge in [-0.3, -0.25) is 4.79 Å². The second kappa shape index (κ2) is 6.17. The van der Waals surface area contributed by atoms with Crippen LogP contribution in [-0.2, 0) is 0 Å². The lowest BCUT2D eigenvalue weighted by molar-refractivity contribution is -0.255. The van der Waals surface area contributed by atoms with Crippen LogP contribution in [0.5, 0.6) is 0 Å². The number of benzene rings is 2. The number of carbonyl (C=O) groups is 2. The molecular formula is C16H10ClO3-. The van der Waals surface area contributed by atoms with Crippen molar-refractivity contribution in [2.45, 2.75) is 0 Å². The van der Waals surface area contributed by atoms with Crippen molar-refractivity contribution in [3.8, 4) is 0 Å². The SMILES string of the molecule is O=C(/C=C/c1ccccc1C(=O)[O-])c1ccc(Cl)cc1. The van der Waals surface area contributed by atoms with Crippen molar-refractivity contribution in [2.24, 2.45) is 0 Å². The number of carboxylic acid groups (broad SMARTS) is 1. The van der Waals surface area contributed by atoms with Crippen molar-refractivity contribution in [2.75, 3.05) is 0 Å². The maximum absolute atomic E-state index is 11.9. The molecule has 2 aromatic carbocycles. The van der Waals surface area contributed by atoms with Crippen LogP contribution in [0.3, 0.4) is 0 Å². The van der Waals surface area contributed by atoms with Gasteiger partial charge in [-0.05, 0) is 35.9 Å². The van der Waals surface area contributed by atoms with E-state index < -0.39 is 5.97 Å². The molecule has 0 radical (unpaired) electrons. The topological polar surface area (TPSA) is 57.2 Å². The maximum atomic E-state index is 11.9. The van der Waals surface area contributed by atoms with Crippen molar-refractivity contribution in [1.29, 1.82) is 0 Å². The first-order chi connectivity index (χ1) is 9.58. The summed E-state index contributed by atoms with van der Waals surface area (Å²) in [6.45, 7) is 0. The molecule has 0 saturated heterocycles. The molecule has 3 nitrogen and oxygen atoms in total. The predicted octanol–water partition coefficient (Wildman–Crippen LogP) is 2.60. The molecule has 0 aliphatic carbocycles. The molecule has 0 aliphatic heterocycles. The van der Waals surface area contributed by atoms with Gasteiger partial charge in [0, 0.05) is 16.1 Å². The fourth-order valence-electron chi connectivity index (χ4n) is 1.70. The number of ketones is 1. The number of rotatable bonds is 4. The standard InChI is InChI=1S/C16H11ClO3/c17-13-8-5-12(6-9-13)15(18)10-7-11-3-1-2-4-14(11)16(19)20/h1-10H,(H,19,20)/p-1/b10-7+. The van der Waals surface area contributed by atoms with Crippen LogP contribution in [0.25, 0.3) is 6.08 Å². The van der Waals surface area contributed by atoms with Crippen LogP contribution in [0.1, 0.15) is 26.3 Å². The average molecular weight is 286 g/mol. The van der Waals surface area contributed by atoms with E-state index in [0.29, 0.717) is 16.1 Å². The minimum atomic E-state index is -1.27. The molecule has 100 valence electrons. The minimum Gasteiger partial charge on any atom is -0.545 e. The van der Waals surface area contributed by atoms with Crippen molar-refractivity contribution in [3.63, 3.8) is 0 Å². The van der Waals surface area contributed by atoms with Crippen molar-refractivity contribution < 1.29 is 14.7 Å². The number of hydrogen-bond donors (Lipinski definition) is 0. The lowest BCUT2D eigenvalue weighted by atomic mass is 10.1. The molecule has 0 bridgehead atoms. The Labute approximate surface area is 121 Å². The molecule has 0 aromatic heterocycles. The van der Waals surface area contributed by atoms with Gasteiger partial charge in [0.1, 0.15) is 0 Å². The summed E-state index contributed by atoms with van der Waals surface area (Å²) in [6, 6.07) is 12.8. The van der Waals surface area contributed by atoms with Crippen molar-refractivity contribution >= 4 is 29.4 Å². The summed E-state index contributed by atoms with van der Waals surface area (Å²) in [5, 5.41) is 11.5. The summed E-state index contributed by atoms with van der Waals surface area (Å²) in [6.07, 6.45) is 2.78. The Hall–Kier alpha value is -2.39. The third-order valence-corrected chi connectivity index (χ3v) is 2.98. The zero-order valence-electron chi connectivity index (χ0n) is 10.4. The van der Waals surface area contributed by atoms with Crippen LogP contribution in [0.4, 0.5) is 0 Å². The van der Waals surface area contributed by atoms with E-state index in [9.17, 15) is 14.7 Å². The van der Waals surface area contributed by atoms with E-state index in [-0.39, 0.29) is 11.3 Å². The Balaban J connectivity index is 2.23. The minimum absolute atomic E-state index is 0.0488. The van der Waals surface area contributed by atoms with Gasteiger partial charge in [-0.15, -0.1) is 0 Å². The van der Waals surface area contributed by atoms with Crippen LogP contribution in [0, 0.1) is 0 Å². The smallest absolute Gasteiger partial charge is 0.185 e. The second-order valence-electron chi connectivity index (χ2n) is 4.08. The third-order valence-electron chi connectivity index (χ3n) is 2.72. The molecule has 0 aliphatic rings. The van der Waals surface area contributed by atoms with Gasteiger partial charge < -0.3 is 9.90 Å². The van der Waals surface area contributed by atoms with Gasteiger partial charge in [0.05, 0.1) is 5.97 Å². The van der Waals surface area contributed by atoms with Gasteiger partial charge in [0.15, 0.2) is 5.78 Å². The first-order valence-electron chi connectivity index (χ1n) is 5.86. The van der Waals surface area contributed by atoms with Crippen molar-refractivity contribution in [1.82, 2.24) is 0 Å². The summed E-state index contributed by atoms with van der Waals surface area (Å²) in [5.74, 6) is -1.50. The fourth-order valence-corrected chi connectivity index (χ4v) is 1.83. The van der Waals surface area contributed by atoms with Gasteiger partial charge >= 0.3 is 0 Å². The zero-order chi connectivity index (χ0) is 14.5. The zero-order valence-corrected chi connectivity index (χ0v) is 11.1. The van der Waals surface area contributed by atoms with Gasteiger partial charge in [-0.2, -0.15) is 0 Å². The van der Waals surface area contributed by atoms with Gasteiger partial charge in [0.25, 0.3) is 0 Å². The summed E-state index contributed by atoms with van der Waals surface area (Å²) in [7, 11) is 0. The largest absolute Gasteiger partial charge is 0.545 e. The van der Waals surface area contributed by atoms with Crippen LogP contribution in [0.2, 0.25) is 5.02 Å². The summed E-state index contributed by atoms with van der Waals surface area (Å²) < 4.78 is 0. The quantitative estimate of drug-likeness (QED) is 0.641. The van der Waals surface area contributed by atoms with Crippen LogP contribution >= 0.6 is 11.6 Å². The Kier molecular flexibility index (Phi) is 4.33. The first-order valence-corrected chi connectivity index (χ1v) is 6.24. The fraction of sp³-hybridized carbons (Fsp3) is 0. The van der Waals surface area contributed by atoms with E-state index in [2.05, 4.69) is 0 Å². The van der Waals surface area contributed by atoms with Crippen LogP contribution < -0.4 is 5.11 Å². The molecule has 2 rings (SSSR count). The number of allylic oxidation sites excluding steroid dienone is 1. The van der Waals surface area contributed by atoms with E-state index in [0.717, 1.165) is 0 Å². The Bertz CT molecular complexity index is 672. The van der Waals surface area contributed by atoms with Crippen LogP contribution in [0.15, 0.2) is 54.6 Å². The highest BCUT2D eigenvalue weighted by Gasteiger charge is 2.03. The van der Waals surface area contributed by atoms with E-state index in [1.165, 1.54) is 18.2 Å². The highest BCUT2D eigenvalue weighted by Crippen LogP contribution is 2.13. The number of halogens is 1. The van der Waals surface area contributed by atoms with Crippen molar-refractivity contribution in [3.05, 3.63) is 76.3 Å². The first kappa shape index (κ1) is 14.0. The molecule has 0 spiro atoms. The van der Waals surface area contributed by atoms with Gasteiger partial charge in [0.2, 0.25) is 0 Å². The number of aromatic carboxylic acids is 1. The highest BCUT2D eigenvalue weighted by molar-refractivity contribution is 6.30. The molecule has 0 amide bonds. The van der Waals surface area contributed by atoms with Gasteiger partial charge in [-0.1, -0.05) is 41.9 Å². The summed E-state index contributed by atoms with van der Waals surface area (Å²) in [4.78, 5) is 22.8.